The molecule has 1 aliphatic rings. The van der Waals surface area contributed by atoms with Crippen LogP contribution in [0, 0.1) is 13.8 Å². The molecule has 1 heterocycles. The van der Waals surface area contributed by atoms with Crippen LogP contribution in [0.3, 0.4) is 0 Å². The highest BCUT2D eigenvalue weighted by Crippen LogP contribution is 2.28. The molecule has 3 aromatic carbocycles. The lowest BCUT2D eigenvalue weighted by Crippen LogP contribution is -2.28. The zero-order valence-electron chi connectivity index (χ0n) is 20.8. The van der Waals surface area contributed by atoms with Crippen LogP contribution in [0.2, 0.25) is 0 Å². The Morgan fingerprint density at radius 3 is 2.05 bits per heavy atom. The Hall–Kier alpha value is -3.02. The van der Waals surface area contributed by atoms with Crippen molar-refractivity contribution in [1.82, 2.24) is 4.90 Å². The van der Waals surface area contributed by atoms with E-state index in [0.717, 1.165) is 24.0 Å². The first-order chi connectivity index (χ1) is 17.5. The molecule has 3 aromatic rings. The summed E-state index contributed by atoms with van der Waals surface area (Å²) in [5, 5.41) is 0. The van der Waals surface area contributed by atoms with E-state index in [2.05, 4.69) is 9.44 Å². The lowest BCUT2D eigenvalue weighted by molar-refractivity contribution is 0.0789. The number of hydrogen-bond acceptors (Lipinski definition) is 6. The highest BCUT2D eigenvalue weighted by atomic mass is 32.2. The highest BCUT2D eigenvalue weighted by Gasteiger charge is 2.25. The number of carbonyl (C=O) groups excluding carboxylic acids is 1. The maximum atomic E-state index is 13.1. The number of hydrogen-bond donors (Lipinski definition) is 2. The van der Waals surface area contributed by atoms with E-state index in [1.165, 1.54) is 48.2 Å². The third kappa shape index (κ3) is 6.11. The van der Waals surface area contributed by atoms with Crippen LogP contribution < -0.4 is 9.44 Å². The normalized spacial score (nSPS) is 14.0. The highest BCUT2D eigenvalue weighted by molar-refractivity contribution is 7.98. The molecule has 1 fully saturated rings. The van der Waals surface area contributed by atoms with Crippen molar-refractivity contribution < 1.29 is 21.6 Å². The van der Waals surface area contributed by atoms with Crippen LogP contribution in [-0.4, -0.2) is 47.0 Å². The van der Waals surface area contributed by atoms with Gasteiger partial charge in [0.15, 0.2) is 0 Å². The third-order valence-corrected chi connectivity index (χ3v) is 9.70. The number of aryl methyl sites for hydroxylation is 2. The third-order valence-electron chi connectivity index (χ3n) is 6.15. The summed E-state index contributed by atoms with van der Waals surface area (Å²) in [6.07, 6.45) is 3.71. The van der Waals surface area contributed by atoms with Crippen LogP contribution in [0.5, 0.6) is 0 Å². The second-order valence-electron chi connectivity index (χ2n) is 8.92. The molecule has 11 heteroatoms. The molecule has 37 heavy (non-hydrogen) atoms. The molecule has 0 radical (unpaired) electrons. The van der Waals surface area contributed by atoms with Crippen molar-refractivity contribution in [1.29, 1.82) is 0 Å². The lowest BCUT2D eigenvalue weighted by Gasteiger charge is -2.18. The zero-order chi connectivity index (χ0) is 26.8. The maximum Gasteiger partial charge on any atom is 0.261 e. The van der Waals surface area contributed by atoms with Gasteiger partial charge in [-0.3, -0.25) is 14.2 Å². The largest absolute Gasteiger partial charge is 0.339 e. The van der Waals surface area contributed by atoms with Gasteiger partial charge in [0.2, 0.25) is 0 Å². The van der Waals surface area contributed by atoms with Crippen molar-refractivity contribution in [3.8, 4) is 0 Å². The lowest BCUT2D eigenvalue weighted by atomic mass is 10.1. The number of likely N-dealkylation sites (tertiary alicyclic amines) is 1. The Kier molecular flexibility index (Phi) is 7.86. The molecular formula is C26H29N3O5S3. The molecular weight excluding hydrogens is 531 g/mol. The number of carbonyl (C=O) groups is 1. The first kappa shape index (κ1) is 27.0. The van der Waals surface area contributed by atoms with E-state index in [1.807, 2.05) is 32.2 Å². The number of thioether (sulfide) groups is 1. The average Bonchev–Trinajstić information content (AvgIpc) is 3.40. The van der Waals surface area contributed by atoms with E-state index in [1.54, 1.807) is 17.0 Å². The first-order valence-corrected chi connectivity index (χ1v) is 15.9. The van der Waals surface area contributed by atoms with Crippen LogP contribution in [0.25, 0.3) is 0 Å². The Labute approximate surface area is 222 Å². The van der Waals surface area contributed by atoms with E-state index < -0.39 is 20.0 Å². The summed E-state index contributed by atoms with van der Waals surface area (Å²) in [5.74, 6) is -0.176. The van der Waals surface area contributed by atoms with Crippen LogP contribution in [0.15, 0.2) is 75.4 Å². The minimum atomic E-state index is -4.02. The standard InChI is InChI=1S/C26H29N3O5S3/c1-18-6-12-24(19(2)16-18)28-36(31,32)21-9-7-20(8-10-21)27-37(33,34)22-11-13-25(35-3)23(17-22)26(30)29-14-4-5-15-29/h6-13,16-17,27-28H,4-5,14-15H2,1-3H3. The molecule has 0 atom stereocenters. The number of anilines is 2. The van der Waals surface area contributed by atoms with Gasteiger partial charge in [-0.1, -0.05) is 17.7 Å². The Bertz CT molecular complexity index is 1530. The summed E-state index contributed by atoms with van der Waals surface area (Å²) in [4.78, 5) is 15.4. The van der Waals surface area contributed by atoms with Crippen LogP contribution in [-0.2, 0) is 20.0 Å². The van der Waals surface area contributed by atoms with E-state index in [4.69, 9.17) is 0 Å². The van der Waals surface area contributed by atoms with Gasteiger partial charge in [-0.25, -0.2) is 16.8 Å². The molecule has 0 aromatic heterocycles. The van der Waals surface area contributed by atoms with Gasteiger partial charge < -0.3 is 4.90 Å². The van der Waals surface area contributed by atoms with Crippen molar-refractivity contribution >= 4 is 49.1 Å². The fraction of sp³-hybridized carbons (Fsp3) is 0.269. The molecule has 4 rings (SSSR count). The summed E-state index contributed by atoms with van der Waals surface area (Å²) in [6, 6.07) is 15.4. The fourth-order valence-corrected chi connectivity index (χ4v) is 6.95. The average molecular weight is 560 g/mol. The summed E-state index contributed by atoms with van der Waals surface area (Å²) in [6.45, 7) is 5.07. The molecule has 1 saturated heterocycles. The summed E-state index contributed by atoms with van der Waals surface area (Å²) >= 11 is 1.39. The van der Waals surface area contributed by atoms with Crippen LogP contribution >= 0.6 is 11.8 Å². The molecule has 0 saturated carbocycles. The molecule has 0 unspecified atom stereocenters. The molecule has 0 bridgehead atoms. The predicted octanol–water partition coefficient (Wildman–Crippen LogP) is 4.86. The van der Waals surface area contributed by atoms with Gasteiger partial charge in [0.25, 0.3) is 26.0 Å². The molecule has 196 valence electrons. The number of amides is 1. The number of nitrogens with one attached hydrogen (secondary N) is 2. The maximum absolute atomic E-state index is 13.1. The van der Waals surface area contributed by atoms with Gasteiger partial charge in [-0.05, 0) is 87.0 Å². The van der Waals surface area contributed by atoms with Crippen molar-refractivity contribution in [3.63, 3.8) is 0 Å². The molecule has 8 nitrogen and oxygen atoms in total. The Morgan fingerprint density at radius 1 is 0.811 bits per heavy atom. The minimum absolute atomic E-state index is 0.00163. The Balaban J connectivity index is 1.54. The second-order valence-corrected chi connectivity index (χ2v) is 13.1. The van der Waals surface area contributed by atoms with Gasteiger partial charge in [0, 0.05) is 23.7 Å². The van der Waals surface area contributed by atoms with Crippen molar-refractivity contribution in [2.75, 3.05) is 28.8 Å². The Morgan fingerprint density at radius 2 is 1.43 bits per heavy atom. The zero-order valence-corrected chi connectivity index (χ0v) is 23.3. The smallest absolute Gasteiger partial charge is 0.261 e. The predicted molar refractivity (Wildman–Crippen MR) is 147 cm³/mol. The number of rotatable bonds is 8. The SMILES string of the molecule is CSc1ccc(S(=O)(=O)Nc2ccc(S(=O)(=O)Nc3ccc(C)cc3C)cc2)cc1C(=O)N1CCCC1. The summed E-state index contributed by atoms with van der Waals surface area (Å²) < 4.78 is 56.9. The quantitative estimate of drug-likeness (QED) is 0.381. The van der Waals surface area contributed by atoms with Gasteiger partial charge in [-0.2, -0.15) is 0 Å². The van der Waals surface area contributed by atoms with Crippen LogP contribution in [0.1, 0.15) is 34.3 Å². The molecule has 0 spiro atoms. The van der Waals surface area contributed by atoms with Crippen LogP contribution in [0.4, 0.5) is 11.4 Å². The van der Waals surface area contributed by atoms with Gasteiger partial charge in [0.05, 0.1) is 21.0 Å². The van der Waals surface area contributed by atoms with E-state index in [9.17, 15) is 21.6 Å². The topological polar surface area (TPSA) is 113 Å². The van der Waals surface area contributed by atoms with E-state index >= 15 is 0 Å². The summed E-state index contributed by atoms with van der Waals surface area (Å²) in [7, 11) is -7.88. The van der Waals surface area contributed by atoms with E-state index in [-0.39, 0.29) is 21.4 Å². The van der Waals surface area contributed by atoms with E-state index in [0.29, 0.717) is 29.2 Å². The fourth-order valence-electron chi connectivity index (χ4n) is 4.16. The monoisotopic (exact) mass is 559 g/mol. The number of sulfonamides is 2. The molecule has 1 amide bonds. The number of benzene rings is 3. The van der Waals surface area contributed by atoms with Gasteiger partial charge in [0.1, 0.15) is 0 Å². The van der Waals surface area contributed by atoms with Gasteiger partial charge in [-0.15, -0.1) is 11.8 Å². The van der Waals surface area contributed by atoms with Crippen molar-refractivity contribution in [2.24, 2.45) is 0 Å². The van der Waals surface area contributed by atoms with Crippen molar-refractivity contribution in [3.05, 3.63) is 77.4 Å². The van der Waals surface area contributed by atoms with Gasteiger partial charge >= 0.3 is 0 Å². The number of nitrogens with zero attached hydrogens (tertiary/aromatic N) is 1. The summed E-state index contributed by atoms with van der Waals surface area (Å²) in [5.41, 5.74) is 2.85. The molecule has 0 aliphatic carbocycles. The second kappa shape index (κ2) is 10.8. The first-order valence-electron chi connectivity index (χ1n) is 11.7. The molecule has 2 N–H and O–H groups in total. The minimum Gasteiger partial charge on any atom is -0.339 e. The molecule has 1 aliphatic heterocycles. The van der Waals surface area contributed by atoms with Crippen molar-refractivity contribution in [2.45, 2.75) is 41.4 Å².